The second-order valence-corrected chi connectivity index (χ2v) is 6.64. The van der Waals surface area contributed by atoms with Gasteiger partial charge in [0, 0.05) is 30.8 Å². The van der Waals surface area contributed by atoms with Crippen LogP contribution < -0.4 is 20.3 Å². The minimum absolute atomic E-state index is 0.177. The average Bonchev–Trinajstić information content (AvgIpc) is 3.33. The number of amides is 3. The number of benzene rings is 2. The number of carbonyl (C=O) groups is 3. The van der Waals surface area contributed by atoms with Gasteiger partial charge in [-0.25, -0.2) is 9.59 Å². The summed E-state index contributed by atoms with van der Waals surface area (Å²) in [6, 6.07) is 10.3. The van der Waals surface area contributed by atoms with E-state index in [1.807, 2.05) is 0 Å². The second-order valence-electron chi connectivity index (χ2n) is 6.64. The van der Waals surface area contributed by atoms with Gasteiger partial charge in [0.05, 0.1) is 6.61 Å². The van der Waals surface area contributed by atoms with Gasteiger partial charge in [-0.2, -0.15) is 0 Å². The quantitative estimate of drug-likeness (QED) is 0.731. The molecule has 0 aromatic heterocycles. The predicted octanol–water partition coefficient (Wildman–Crippen LogP) is 1.71. The fourth-order valence-corrected chi connectivity index (χ4v) is 3.40. The third kappa shape index (κ3) is 3.36. The zero-order chi connectivity index (χ0) is 19.7. The molecule has 0 spiro atoms. The molecule has 0 radical (unpaired) electrons. The van der Waals surface area contributed by atoms with Crippen molar-refractivity contribution < 1.29 is 24.2 Å². The van der Waals surface area contributed by atoms with Gasteiger partial charge in [0.25, 0.3) is 5.91 Å². The van der Waals surface area contributed by atoms with Gasteiger partial charge in [-0.05, 0) is 47.5 Å². The fourth-order valence-electron chi connectivity index (χ4n) is 3.40. The van der Waals surface area contributed by atoms with Gasteiger partial charge in [0.1, 0.15) is 5.75 Å². The lowest BCUT2D eigenvalue weighted by Crippen LogP contribution is -2.34. The Morgan fingerprint density at radius 3 is 2.64 bits per heavy atom. The van der Waals surface area contributed by atoms with E-state index in [0.29, 0.717) is 36.5 Å². The number of anilines is 1. The lowest BCUT2D eigenvalue weighted by atomic mass is 10.0. The first-order valence-corrected chi connectivity index (χ1v) is 8.97. The molecular weight excluding hydrogens is 362 g/mol. The molecule has 2 aliphatic heterocycles. The molecular formula is C20H19N3O5. The number of carbonyl (C=O) groups excluding carboxylic acids is 2. The van der Waals surface area contributed by atoms with E-state index in [0.717, 1.165) is 17.7 Å². The maximum Gasteiger partial charge on any atom is 0.330 e. The van der Waals surface area contributed by atoms with Crippen LogP contribution in [-0.2, 0) is 11.2 Å². The number of rotatable bonds is 5. The van der Waals surface area contributed by atoms with Crippen LogP contribution >= 0.6 is 0 Å². The molecule has 1 saturated heterocycles. The van der Waals surface area contributed by atoms with Crippen LogP contribution in [0, 0.1) is 0 Å². The Bertz CT molecular complexity index is 941. The van der Waals surface area contributed by atoms with E-state index in [9.17, 15) is 19.5 Å². The number of nitrogens with one attached hydrogen (secondary N) is 2. The zero-order valence-corrected chi connectivity index (χ0v) is 15.0. The highest BCUT2D eigenvalue weighted by molar-refractivity contribution is 5.98. The number of urea groups is 1. The van der Waals surface area contributed by atoms with E-state index in [1.54, 1.807) is 47.4 Å². The van der Waals surface area contributed by atoms with Crippen molar-refractivity contribution in [2.24, 2.45) is 0 Å². The summed E-state index contributed by atoms with van der Waals surface area (Å²) in [5.41, 5.74) is 2.43. The van der Waals surface area contributed by atoms with Gasteiger partial charge in [-0.3, -0.25) is 9.69 Å². The number of fused-ring (bicyclic) bond motifs is 1. The first kappa shape index (κ1) is 17.8. The molecule has 0 bridgehead atoms. The van der Waals surface area contributed by atoms with Gasteiger partial charge < -0.3 is 20.5 Å². The Labute approximate surface area is 161 Å². The van der Waals surface area contributed by atoms with Crippen molar-refractivity contribution in [2.45, 2.75) is 12.5 Å². The number of nitrogens with zero attached hydrogens (tertiary/aromatic N) is 1. The van der Waals surface area contributed by atoms with Gasteiger partial charge in [-0.15, -0.1) is 0 Å². The van der Waals surface area contributed by atoms with Crippen LogP contribution in [-0.4, -0.2) is 42.7 Å². The summed E-state index contributed by atoms with van der Waals surface area (Å²) in [4.78, 5) is 37.6. The first-order valence-electron chi connectivity index (χ1n) is 8.97. The molecule has 0 aliphatic carbocycles. The van der Waals surface area contributed by atoms with E-state index in [2.05, 4.69) is 10.6 Å². The van der Waals surface area contributed by atoms with Gasteiger partial charge in [0.15, 0.2) is 6.04 Å². The maximum absolute atomic E-state index is 12.6. The normalized spacial score (nSPS) is 16.1. The van der Waals surface area contributed by atoms with E-state index in [-0.39, 0.29) is 6.03 Å². The van der Waals surface area contributed by atoms with Crippen molar-refractivity contribution in [1.29, 1.82) is 0 Å². The van der Waals surface area contributed by atoms with Crippen molar-refractivity contribution in [3.8, 4) is 5.75 Å². The van der Waals surface area contributed by atoms with Crippen LogP contribution in [0.15, 0.2) is 42.5 Å². The zero-order valence-electron chi connectivity index (χ0n) is 15.0. The first-order chi connectivity index (χ1) is 13.5. The van der Waals surface area contributed by atoms with E-state index >= 15 is 0 Å². The molecule has 144 valence electrons. The van der Waals surface area contributed by atoms with E-state index < -0.39 is 17.9 Å². The summed E-state index contributed by atoms with van der Waals surface area (Å²) in [6.07, 6.45) is 0.717. The molecule has 2 aromatic rings. The minimum atomic E-state index is -1.16. The predicted molar refractivity (Wildman–Crippen MR) is 101 cm³/mol. The summed E-state index contributed by atoms with van der Waals surface area (Å²) in [7, 11) is 0. The largest absolute Gasteiger partial charge is 0.493 e. The van der Waals surface area contributed by atoms with Crippen LogP contribution in [0.25, 0.3) is 0 Å². The summed E-state index contributed by atoms with van der Waals surface area (Å²) in [6.45, 7) is 1.71. The lowest BCUT2D eigenvalue weighted by Gasteiger charge is -2.17. The Balaban J connectivity index is 1.50. The van der Waals surface area contributed by atoms with Crippen molar-refractivity contribution in [3.05, 3.63) is 59.2 Å². The van der Waals surface area contributed by atoms with Crippen molar-refractivity contribution in [2.75, 3.05) is 24.6 Å². The molecule has 2 aliphatic rings. The van der Waals surface area contributed by atoms with Crippen LogP contribution in [0.1, 0.15) is 27.5 Å². The van der Waals surface area contributed by atoms with Crippen molar-refractivity contribution in [1.82, 2.24) is 10.6 Å². The Morgan fingerprint density at radius 1 is 1.18 bits per heavy atom. The molecule has 28 heavy (non-hydrogen) atoms. The second kappa shape index (κ2) is 7.22. The number of ether oxygens (including phenoxy) is 1. The lowest BCUT2D eigenvalue weighted by molar-refractivity contribution is -0.139. The van der Waals surface area contributed by atoms with Crippen LogP contribution in [0.3, 0.4) is 0 Å². The highest BCUT2D eigenvalue weighted by atomic mass is 16.5. The van der Waals surface area contributed by atoms with Crippen molar-refractivity contribution in [3.63, 3.8) is 0 Å². The summed E-state index contributed by atoms with van der Waals surface area (Å²) >= 11 is 0. The van der Waals surface area contributed by atoms with Crippen LogP contribution in [0.5, 0.6) is 5.75 Å². The van der Waals surface area contributed by atoms with E-state index in [1.165, 1.54) is 0 Å². The van der Waals surface area contributed by atoms with Gasteiger partial charge in [-0.1, -0.05) is 6.07 Å². The number of aliphatic carboxylic acids is 1. The highest BCUT2D eigenvalue weighted by Gasteiger charge is 2.25. The van der Waals surface area contributed by atoms with Crippen molar-refractivity contribution >= 4 is 23.6 Å². The molecule has 2 heterocycles. The van der Waals surface area contributed by atoms with Crippen LogP contribution in [0.2, 0.25) is 0 Å². The molecule has 4 rings (SSSR count). The smallest absolute Gasteiger partial charge is 0.330 e. The summed E-state index contributed by atoms with van der Waals surface area (Å²) < 4.78 is 5.44. The molecule has 1 unspecified atom stereocenters. The van der Waals surface area contributed by atoms with Gasteiger partial charge >= 0.3 is 12.0 Å². The highest BCUT2D eigenvalue weighted by Crippen LogP contribution is 2.28. The van der Waals surface area contributed by atoms with Crippen LogP contribution in [0.4, 0.5) is 10.5 Å². The number of hydrogen-bond donors (Lipinski definition) is 3. The Kier molecular flexibility index (Phi) is 4.60. The summed E-state index contributed by atoms with van der Waals surface area (Å²) in [5.74, 6) is -0.889. The molecule has 8 heteroatoms. The van der Waals surface area contributed by atoms with Gasteiger partial charge in [0.2, 0.25) is 0 Å². The minimum Gasteiger partial charge on any atom is -0.493 e. The molecule has 3 N–H and O–H groups in total. The number of carboxylic acid groups (broad SMARTS) is 1. The molecule has 0 saturated carbocycles. The number of carboxylic acids is 1. The fraction of sp³-hybridized carbons (Fsp3) is 0.250. The monoisotopic (exact) mass is 381 g/mol. The topological polar surface area (TPSA) is 108 Å². The number of hydrogen-bond acceptors (Lipinski definition) is 4. The average molecular weight is 381 g/mol. The third-order valence-corrected chi connectivity index (χ3v) is 4.87. The SMILES string of the molecule is O=C(NC(C(=O)O)c1ccc2c(c1)CCO2)c1ccc(N2CCNC2=O)cc1. The third-order valence-electron chi connectivity index (χ3n) is 4.87. The maximum atomic E-state index is 12.6. The molecule has 1 atom stereocenters. The summed E-state index contributed by atoms with van der Waals surface area (Å²) in [5, 5.41) is 14.9. The standard InChI is InChI=1S/C20H19N3O5/c24-18(12-1-4-15(5-2-12)23-9-8-21-20(23)27)22-17(19(25)26)14-3-6-16-13(11-14)7-10-28-16/h1-6,11,17H,7-10H2,(H,21,27)(H,22,24)(H,25,26). The molecule has 3 amide bonds. The molecule has 1 fully saturated rings. The Morgan fingerprint density at radius 2 is 1.96 bits per heavy atom. The molecule has 2 aromatic carbocycles. The van der Waals surface area contributed by atoms with E-state index in [4.69, 9.17) is 4.74 Å². The Hall–Kier alpha value is -3.55. The molecule has 8 nitrogen and oxygen atoms in total.